The Bertz CT molecular complexity index is 694. The second kappa shape index (κ2) is 7.74. The van der Waals surface area contributed by atoms with Gasteiger partial charge in [-0.15, -0.1) is 11.8 Å². The van der Waals surface area contributed by atoms with Gasteiger partial charge in [0.2, 0.25) is 5.91 Å². The quantitative estimate of drug-likeness (QED) is 0.772. The number of nitrogens with zero attached hydrogens (tertiary/aromatic N) is 1. The van der Waals surface area contributed by atoms with Gasteiger partial charge in [-0.3, -0.25) is 4.79 Å². The van der Waals surface area contributed by atoms with E-state index in [2.05, 4.69) is 10.5 Å². The van der Waals surface area contributed by atoms with Gasteiger partial charge in [0.15, 0.2) is 0 Å². The molecule has 0 aliphatic rings. The number of carbonyl (C=O) groups excluding carboxylic acids is 1. The summed E-state index contributed by atoms with van der Waals surface area (Å²) in [4.78, 5) is 12.5. The van der Waals surface area contributed by atoms with Gasteiger partial charge in [-0.05, 0) is 32.4 Å². The molecule has 0 radical (unpaired) electrons. The van der Waals surface area contributed by atoms with E-state index in [1.54, 1.807) is 38.1 Å². The van der Waals surface area contributed by atoms with E-state index in [9.17, 15) is 18.0 Å². The van der Waals surface area contributed by atoms with E-state index in [0.717, 1.165) is 11.3 Å². The van der Waals surface area contributed by atoms with Crippen LogP contribution in [0, 0.1) is 13.8 Å². The number of aryl methyl sites for hydroxylation is 2. The number of amides is 1. The molecule has 0 fully saturated rings. The Morgan fingerprint density at radius 1 is 1.29 bits per heavy atom. The molecule has 8 heteroatoms. The molecule has 2 aromatic rings. The van der Waals surface area contributed by atoms with Gasteiger partial charge in [0, 0.05) is 16.9 Å². The Morgan fingerprint density at radius 3 is 2.62 bits per heavy atom. The highest BCUT2D eigenvalue weighted by Crippen LogP contribution is 2.32. The van der Waals surface area contributed by atoms with Crippen LogP contribution in [0.3, 0.4) is 0 Å². The van der Waals surface area contributed by atoms with Crippen molar-refractivity contribution < 1.29 is 22.5 Å². The first-order chi connectivity index (χ1) is 11.3. The van der Waals surface area contributed by atoms with E-state index in [1.165, 1.54) is 0 Å². The Hall–Kier alpha value is -1.96. The molecule has 130 valence electrons. The van der Waals surface area contributed by atoms with E-state index in [4.69, 9.17) is 4.52 Å². The van der Waals surface area contributed by atoms with Crippen LogP contribution < -0.4 is 5.32 Å². The van der Waals surface area contributed by atoms with Gasteiger partial charge < -0.3 is 9.84 Å². The van der Waals surface area contributed by atoms with E-state index in [-0.39, 0.29) is 12.3 Å². The molecule has 1 aromatic heterocycles. The molecule has 1 heterocycles. The number of hydrogen-bond acceptors (Lipinski definition) is 4. The molecule has 0 aliphatic carbocycles. The normalized spacial score (nSPS) is 11.5. The second-order valence-electron chi connectivity index (χ2n) is 5.25. The van der Waals surface area contributed by atoms with Gasteiger partial charge in [-0.1, -0.05) is 17.3 Å². The number of thioether (sulfide) groups is 1. The summed E-state index contributed by atoms with van der Waals surface area (Å²) in [5, 5.41) is 6.49. The van der Waals surface area contributed by atoms with E-state index >= 15 is 0 Å². The van der Waals surface area contributed by atoms with Crippen LogP contribution in [0.5, 0.6) is 0 Å². The molecule has 1 amide bonds. The van der Waals surface area contributed by atoms with E-state index in [1.807, 2.05) is 0 Å². The van der Waals surface area contributed by atoms with E-state index < -0.39 is 11.9 Å². The minimum atomic E-state index is -4.26. The van der Waals surface area contributed by atoms with Crippen LogP contribution in [-0.4, -0.2) is 23.0 Å². The number of carbonyl (C=O) groups is 1. The van der Waals surface area contributed by atoms with Gasteiger partial charge in [0.05, 0.1) is 17.1 Å². The van der Waals surface area contributed by atoms with Crippen molar-refractivity contribution in [3.8, 4) is 0 Å². The number of nitrogens with one attached hydrogen (secondary N) is 1. The zero-order valence-electron chi connectivity index (χ0n) is 13.2. The number of rotatable bonds is 6. The van der Waals surface area contributed by atoms with Gasteiger partial charge in [-0.2, -0.15) is 13.2 Å². The highest BCUT2D eigenvalue weighted by molar-refractivity contribution is 7.99. The van der Waals surface area contributed by atoms with Crippen molar-refractivity contribution in [2.75, 3.05) is 11.1 Å². The van der Waals surface area contributed by atoms with Crippen molar-refractivity contribution >= 4 is 23.4 Å². The van der Waals surface area contributed by atoms with Gasteiger partial charge >= 0.3 is 6.18 Å². The lowest BCUT2D eigenvalue weighted by Gasteiger charge is -2.12. The summed E-state index contributed by atoms with van der Waals surface area (Å²) in [5.74, 6) is -0.602. The molecule has 0 bridgehead atoms. The number of halogens is 3. The fourth-order valence-electron chi connectivity index (χ4n) is 2.17. The average Bonchev–Trinajstić information content (AvgIpc) is 2.82. The first-order valence-electron chi connectivity index (χ1n) is 7.26. The molecule has 2 rings (SSSR count). The standard InChI is InChI=1S/C16H17F3N2O2S/c1-10-12(11(2)23-21-10)7-8-15(22)20-13-5-3-4-6-14(13)24-9-16(17,18)19/h3-6H,7-9H2,1-2H3,(H,20,22). The van der Waals surface area contributed by atoms with Crippen molar-refractivity contribution in [2.45, 2.75) is 37.8 Å². The number of alkyl halides is 3. The number of aromatic nitrogens is 1. The maximum absolute atomic E-state index is 12.4. The van der Waals surface area contributed by atoms with Crippen LogP contribution >= 0.6 is 11.8 Å². The molecular formula is C16H17F3N2O2S. The summed E-state index contributed by atoms with van der Waals surface area (Å²) in [6.07, 6.45) is -3.60. The molecule has 4 nitrogen and oxygen atoms in total. The monoisotopic (exact) mass is 358 g/mol. The van der Waals surface area contributed by atoms with Crippen molar-refractivity contribution in [1.82, 2.24) is 5.16 Å². The van der Waals surface area contributed by atoms with Crippen LogP contribution in [0.1, 0.15) is 23.4 Å². The third-order valence-electron chi connectivity index (χ3n) is 3.34. The van der Waals surface area contributed by atoms with Gasteiger partial charge in [0.1, 0.15) is 5.76 Å². The number of anilines is 1. The highest BCUT2D eigenvalue weighted by atomic mass is 32.2. The van der Waals surface area contributed by atoms with Crippen LogP contribution in [0.15, 0.2) is 33.7 Å². The fraction of sp³-hybridized carbons (Fsp3) is 0.375. The molecule has 1 N–H and O–H groups in total. The lowest BCUT2D eigenvalue weighted by Crippen LogP contribution is -2.14. The predicted octanol–water partition coefficient (Wildman–Crippen LogP) is 4.52. The molecule has 0 unspecified atom stereocenters. The van der Waals surface area contributed by atoms with Gasteiger partial charge in [-0.25, -0.2) is 0 Å². The molecule has 0 atom stereocenters. The molecular weight excluding hydrogens is 341 g/mol. The summed E-state index contributed by atoms with van der Waals surface area (Å²) in [6, 6.07) is 6.45. The van der Waals surface area contributed by atoms with Crippen molar-refractivity contribution in [1.29, 1.82) is 0 Å². The fourth-order valence-corrected chi connectivity index (χ4v) is 2.93. The first kappa shape index (κ1) is 18.4. The zero-order valence-corrected chi connectivity index (χ0v) is 14.1. The Balaban J connectivity index is 1.96. The number of benzene rings is 1. The van der Waals surface area contributed by atoms with Crippen LogP contribution in [0.2, 0.25) is 0 Å². The minimum absolute atomic E-state index is 0.196. The predicted molar refractivity (Wildman–Crippen MR) is 86.1 cm³/mol. The van der Waals surface area contributed by atoms with Crippen LogP contribution in [0.4, 0.5) is 18.9 Å². The second-order valence-corrected chi connectivity index (χ2v) is 6.27. The molecule has 0 saturated carbocycles. The molecule has 24 heavy (non-hydrogen) atoms. The largest absolute Gasteiger partial charge is 0.398 e. The summed E-state index contributed by atoms with van der Waals surface area (Å²) >= 11 is 0.652. The summed E-state index contributed by atoms with van der Waals surface area (Å²) < 4.78 is 42.1. The first-order valence-corrected chi connectivity index (χ1v) is 8.25. The van der Waals surface area contributed by atoms with Crippen LogP contribution in [0.25, 0.3) is 0 Å². The minimum Gasteiger partial charge on any atom is -0.361 e. The van der Waals surface area contributed by atoms with Gasteiger partial charge in [0.25, 0.3) is 0 Å². The highest BCUT2D eigenvalue weighted by Gasteiger charge is 2.27. The van der Waals surface area contributed by atoms with Crippen molar-refractivity contribution in [3.05, 3.63) is 41.3 Å². The number of para-hydroxylation sites is 1. The van der Waals surface area contributed by atoms with E-state index in [0.29, 0.717) is 34.5 Å². The third-order valence-corrected chi connectivity index (χ3v) is 4.47. The molecule has 1 aromatic carbocycles. The Morgan fingerprint density at radius 2 is 2.00 bits per heavy atom. The zero-order chi connectivity index (χ0) is 17.7. The molecule has 0 spiro atoms. The summed E-state index contributed by atoms with van der Waals surface area (Å²) in [7, 11) is 0. The number of hydrogen-bond donors (Lipinski definition) is 1. The summed E-state index contributed by atoms with van der Waals surface area (Å²) in [6.45, 7) is 3.57. The maximum Gasteiger partial charge on any atom is 0.398 e. The Labute approximate surface area is 141 Å². The van der Waals surface area contributed by atoms with Crippen molar-refractivity contribution in [3.63, 3.8) is 0 Å². The lowest BCUT2D eigenvalue weighted by molar-refractivity contribution is -0.116. The maximum atomic E-state index is 12.4. The lowest BCUT2D eigenvalue weighted by atomic mass is 10.1. The SMILES string of the molecule is Cc1noc(C)c1CCC(=O)Nc1ccccc1SCC(F)(F)F. The Kier molecular flexibility index (Phi) is 5.93. The smallest absolute Gasteiger partial charge is 0.361 e. The topological polar surface area (TPSA) is 55.1 Å². The molecule has 0 saturated heterocycles. The summed E-state index contributed by atoms with van der Waals surface area (Å²) in [5.41, 5.74) is 2.00. The van der Waals surface area contributed by atoms with Crippen LogP contribution in [-0.2, 0) is 11.2 Å². The molecule has 0 aliphatic heterocycles. The average molecular weight is 358 g/mol. The third kappa shape index (κ3) is 5.30. The van der Waals surface area contributed by atoms with Crippen molar-refractivity contribution in [2.24, 2.45) is 0 Å².